The molecule has 0 aromatic heterocycles. The maximum absolute atomic E-state index is 11.6. The van der Waals surface area contributed by atoms with Crippen LogP contribution < -0.4 is 10.6 Å². The van der Waals surface area contributed by atoms with Crippen LogP contribution in [0.2, 0.25) is 0 Å². The van der Waals surface area contributed by atoms with Crippen LogP contribution in [0.4, 0.5) is 0 Å². The predicted octanol–water partition coefficient (Wildman–Crippen LogP) is 0.968. The summed E-state index contributed by atoms with van der Waals surface area (Å²) < 4.78 is 0. The van der Waals surface area contributed by atoms with Gasteiger partial charge in [-0.25, -0.2) is 0 Å². The van der Waals surface area contributed by atoms with Crippen molar-refractivity contribution in [3.8, 4) is 0 Å². The van der Waals surface area contributed by atoms with Crippen molar-refractivity contribution in [2.24, 2.45) is 0 Å². The van der Waals surface area contributed by atoms with Crippen LogP contribution in [0.1, 0.15) is 52.4 Å². The highest BCUT2D eigenvalue weighted by molar-refractivity contribution is 5.76. The van der Waals surface area contributed by atoms with Crippen molar-refractivity contribution in [3.05, 3.63) is 0 Å². The van der Waals surface area contributed by atoms with Gasteiger partial charge in [0, 0.05) is 51.1 Å². The Kier molecular flexibility index (Phi) is 7.99. The lowest BCUT2D eigenvalue weighted by Gasteiger charge is -2.37. The minimum atomic E-state index is 0.160. The second-order valence-electron chi connectivity index (χ2n) is 7.12. The highest BCUT2D eigenvalue weighted by atomic mass is 16.2. The summed E-state index contributed by atoms with van der Waals surface area (Å²) >= 11 is 0. The van der Waals surface area contributed by atoms with Gasteiger partial charge < -0.3 is 20.4 Å². The van der Waals surface area contributed by atoms with Gasteiger partial charge in [0.25, 0.3) is 0 Å². The average molecular weight is 338 g/mol. The average Bonchev–Trinajstić information content (AvgIpc) is 2.60. The molecule has 0 aromatic rings. The van der Waals surface area contributed by atoms with E-state index in [4.69, 9.17) is 0 Å². The largest absolute Gasteiger partial charge is 0.352 e. The molecule has 2 N–H and O–H groups in total. The van der Waals surface area contributed by atoms with Crippen LogP contribution >= 0.6 is 0 Å². The molecule has 0 aromatic carbocycles. The van der Waals surface area contributed by atoms with E-state index in [-0.39, 0.29) is 11.8 Å². The molecule has 6 nitrogen and oxygen atoms in total. The van der Waals surface area contributed by atoms with Gasteiger partial charge in [0.2, 0.25) is 11.8 Å². The smallest absolute Gasteiger partial charge is 0.219 e. The van der Waals surface area contributed by atoms with Crippen LogP contribution in [0.15, 0.2) is 0 Å². The van der Waals surface area contributed by atoms with E-state index in [9.17, 15) is 9.59 Å². The zero-order chi connectivity index (χ0) is 17.4. The first-order valence-corrected chi connectivity index (χ1v) is 9.64. The lowest BCUT2D eigenvalue weighted by atomic mass is 10.0. The second-order valence-corrected chi connectivity index (χ2v) is 7.12. The lowest BCUT2D eigenvalue weighted by molar-refractivity contribution is -0.122. The summed E-state index contributed by atoms with van der Waals surface area (Å²) in [5.74, 6) is 0.319. The zero-order valence-electron chi connectivity index (χ0n) is 15.4. The van der Waals surface area contributed by atoms with Gasteiger partial charge >= 0.3 is 0 Å². The molecular weight excluding hydrogens is 304 g/mol. The second kappa shape index (κ2) is 9.99. The molecule has 2 heterocycles. The van der Waals surface area contributed by atoms with Gasteiger partial charge in [-0.15, -0.1) is 0 Å². The molecule has 0 bridgehead atoms. The Bertz CT molecular complexity index is 378. The van der Waals surface area contributed by atoms with E-state index in [0.29, 0.717) is 24.9 Å². The van der Waals surface area contributed by atoms with Gasteiger partial charge in [-0.2, -0.15) is 0 Å². The van der Waals surface area contributed by atoms with Crippen molar-refractivity contribution >= 4 is 11.8 Å². The predicted molar refractivity (Wildman–Crippen MR) is 95.8 cm³/mol. The summed E-state index contributed by atoms with van der Waals surface area (Å²) in [5.41, 5.74) is 0. The third-order valence-electron chi connectivity index (χ3n) is 5.12. The van der Waals surface area contributed by atoms with E-state index in [2.05, 4.69) is 20.4 Å². The number of carbonyl (C=O) groups is 2. The molecule has 2 atom stereocenters. The van der Waals surface area contributed by atoms with Gasteiger partial charge in [-0.1, -0.05) is 13.8 Å². The molecule has 138 valence electrons. The zero-order valence-corrected chi connectivity index (χ0v) is 15.4. The standard InChI is InChI=1S/C18H34N4O2/c1-3-17(23)19-15-7-5-9-21(13-15)11-12-22-10-6-8-16(14-22)20-18(24)4-2/h15-16H,3-14H2,1-2H3,(H,19,23)(H,20,24)/t15-,16-/m0/s1. The molecule has 0 saturated carbocycles. The van der Waals surface area contributed by atoms with Crippen LogP contribution in [0.25, 0.3) is 0 Å². The number of amides is 2. The molecule has 2 rings (SSSR count). The minimum absolute atomic E-state index is 0.160. The fourth-order valence-electron chi connectivity index (χ4n) is 3.70. The van der Waals surface area contributed by atoms with E-state index in [1.165, 1.54) is 0 Å². The maximum Gasteiger partial charge on any atom is 0.219 e. The highest BCUT2D eigenvalue weighted by Crippen LogP contribution is 2.13. The molecule has 2 saturated heterocycles. The summed E-state index contributed by atoms with van der Waals surface area (Å²) in [6.45, 7) is 10.1. The summed E-state index contributed by atoms with van der Waals surface area (Å²) in [6.07, 6.45) is 5.63. The first kappa shape index (κ1) is 19.2. The number of rotatable bonds is 7. The number of nitrogens with one attached hydrogen (secondary N) is 2. The van der Waals surface area contributed by atoms with Crippen molar-refractivity contribution < 1.29 is 9.59 Å². The summed E-state index contributed by atoms with van der Waals surface area (Å²) in [6, 6.07) is 0.619. The van der Waals surface area contributed by atoms with Gasteiger partial charge in [0.1, 0.15) is 0 Å². The SMILES string of the molecule is CCC(=O)N[C@H]1CCCN(CCN2CCC[C@H](NC(=O)CC)C2)C1. The maximum atomic E-state index is 11.6. The number of hydrogen-bond donors (Lipinski definition) is 2. The van der Waals surface area contributed by atoms with E-state index in [1.807, 2.05) is 13.8 Å². The number of likely N-dealkylation sites (tertiary alicyclic amines) is 2. The lowest BCUT2D eigenvalue weighted by Crippen LogP contribution is -2.51. The first-order valence-electron chi connectivity index (χ1n) is 9.64. The molecule has 0 unspecified atom stereocenters. The van der Waals surface area contributed by atoms with Gasteiger partial charge in [-0.05, 0) is 38.8 Å². The quantitative estimate of drug-likeness (QED) is 0.726. The van der Waals surface area contributed by atoms with Gasteiger partial charge in [-0.3, -0.25) is 9.59 Å². The topological polar surface area (TPSA) is 64.7 Å². The van der Waals surface area contributed by atoms with Gasteiger partial charge in [0.15, 0.2) is 0 Å². The summed E-state index contributed by atoms with van der Waals surface area (Å²) in [7, 11) is 0. The van der Waals surface area contributed by atoms with Crippen LogP contribution in [0.5, 0.6) is 0 Å². The fourth-order valence-corrected chi connectivity index (χ4v) is 3.70. The van der Waals surface area contributed by atoms with E-state index >= 15 is 0 Å². The molecule has 0 aliphatic carbocycles. The van der Waals surface area contributed by atoms with Gasteiger partial charge in [0.05, 0.1) is 0 Å². The van der Waals surface area contributed by atoms with Crippen molar-refractivity contribution in [2.75, 3.05) is 39.3 Å². The number of carbonyl (C=O) groups excluding carboxylic acids is 2. The molecule has 0 radical (unpaired) electrons. The van der Waals surface area contributed by atoms with E-state index < -0.39 is 0 Å². The van der Waals surface area contributed by atoms with Crippen molar-refractivity contribution in [3.63, 3.8) is 0 Å². The molecule has 2 fully saturated rings. The Morgan fingerprint density at radius 2 is 1.25 bits per heavy atom. The Balaban J connectivity index is 1.70. The highest BCUT2D eigenvalue weighted by Gasteiger charge is 2.24. The molecule has 24 heavy (non-hydrogen) atoms. The van der Waals surface area contributed by atoms with Crippen molar-refractivity contribution in [1.29, 1.82) is 0 Å². The van der Waals surface area contributed by atoms with Crippen LogP contribution in [-0.2, 0) is 9.59 Å². The summed E-state index contributed by atoms with van der Waals surface area (Å²) in [5, 5.41) is 6.26. The third-order valence-corrected chi connectivity index (χ3v) is 5.12. The Labute approximate surface area is 146 Å². The fraction of sp³-hybridized carbons (Fsp3) is 0.889. The number of nitrogens with zero attached hydrogens (tertiary/aromatic N) is 2. The van der Waals surface area contributed by atoms with E-state index in [1.54, 1.807) is 0 Å². The van der Waals surface area contributed by atoms with E-state index in [0.717, 1.165) is 65.0 Å². The van der Waals surface area contributed by atoms with Crippen LogP contribution in [-0.4, -0.2) is 73.0 Å². The molecule has 2 amide bonds. The third kappa shape index (κ3) is 6.40. The molecule has 0 spiro atoms. The number of hydrogen-bond acceptors (Lipinski definition) is 4. The van der Waals surface area contributed by atoms with Crippen molar-refractivity contribution in [1.82, 2.24) is 20.4 Å². The molecule has 2 aliphatic rings. The Hall–Kier alpha value is -1.14. The Morgan fingerprint density at radius 1 is 0.833 bits per heavy atom. The van der Waals surface area contributed by atoms with Crippen LogP contribution in [0, 0.1) is 0 Å². The first-order chi connectivity index (χ1) is 11.6. The normalized spacial score (nSPS) is 26.1. The molecule has 2 aliphatic heterocycles. The summed E-state index contributed by atoms with van der Waals surface area (Å²) in [4.78, 5) is 28.1. The molecule has 6 heteroatoms. The molecular formula is C18H34N4O2. The van der Waals surface area contributed by atoms with Crippen molar-refractivity contribution in [2.45, 2.75) is 64.5 Å². The number of piperidine rings is 2. The Morgan fingerprint density at radius 3 is 1.62 bits per heavy atom. The monoisotopic (exact) mass is 338 g/mol. The van der Waals surface area contributed by atoms with Crippen LogP contribution in [0.3, 0.4) is 0 Å². The minimum Gasteiger partial charge on any atom is -0.352 e.